The van der Waals surface area contributed by atoms with E-state index in [4.69, 9.17) is 20.4 Å². The van der Waals surface area contributed by atoms with E-state index in [1.54, 1.807) is 0 Å². The zero-order chi connectivity index (χ0) is 10.3. The molecule has 0 unspecified atom stereocenters. The summed E-state index contributed by atoms with van der Waals surface area (Å²) in [6.45, 7) is 0. The van der Waals surface area contributed by atoms with Crippen molar-refractivity contribution in [1.29, 1.82) is 0 Å². The summed E-state index contributed by atoms with van der Waals surface area (Å²) in [6, 6.07) is 0. The second-order valence-electron chi connectivity index (χ2n) is 1.17. The van der Waals surface area contributed by atoms with E-state index in [2.05, 4.69) is 0 Å². The van der Waals surface area contributed by atoms with Crippen LogP contribution in [-0.2, 0) is 0 Å². The Bertz CT molecular complexity index is 167. The molecule has 0 aliphatic carbocycles. The molecule has 0 radical (unpaired) electrons. The van der Waals surface area contributed by atoms with Crippen molar-refractivity contribution in [1.82, 2.24) is 0 Å². The SMILES string of the molecule is OC(O)=C(F)F.OC(O)=C(F)F.[Rf].[Rf].[Rf].[Rf].[Rf].[Rf].[Rf].[Rf].[Rf].[Rf].[Rf].[Rf].[Rf].[Rf]. The van der Waals surface area contributed by atoms with E-state index in [1.165, 1.54) is 0 Å². The van der Waals surface area contributed by atoms with Gasteiger partial charge >= 0.3 is 24.1 Å². The van der Waals surface area contributed by atoms with Crippen LogP contribution in [0.2, 0.25) is 0 Å². The topological polar surface area (TPSA) is 80.9 Å². The molecule has 0 aromatic carbocycles. The molecule has 0 spiro atoms. The van der Waals surface area contributed by atoms with Crippen LogP contribution in [0.4, 0.5) is 17.6 Å². The number of aliphatic hydroxyl groups is 4. The Balaban J connectivity index is -0.00000000357. The first kappa shape index (κ1) is 29.3. The van der Waals surface area contributed by atoms with Crippen molar-refractivity contribution >= 4 is 0 Å². The van der Waals surface area contributed by atoms with Crippen LogP contribution in [-0.4, -0.2) is 20.4 Å². The smallest absolute Gasteiger partial charge is 0.349 e. The van der Waals surface area contributed by atoms with E-state index in [1.807, 2.05) is 0 Å². The van der Waals surface area contributed by atoms with Gasteiger partial charge in [0.1, 0.15) is 0 Å². The fraction of sp³-hybridized carbons (Fsp3) is 0. The van der Waals surface area contributed by atoms with Crippen molar-refractivity contribution < 1.29 is 38.0 Å². The molecule has 4 N–H and O–H groups in total. The van der Waals surface area contributed by atoms with Gasteiger partial charge in [-0.15, -0.1) is 0 Å². The molecular weight excluding hydrogens is 3930 g/mol. The van der Waals surface area contributed by atoms with Crippen molar-refractivity contribution in [3.8, 4) is 0 Å². The van der Waals surface area contributed by atoms with E-state index < -0.39 is 24.1 Å². The zero-order valence-electron chi connectivity index (χ0n) is 15.2. The fourth-order valence-electron chi connectivity index (χ4n) is 0. The molecular formula is C4H4F4O4Rf14. The van der Waals surface area contributed by atoms with Crippen molar-refractivity contribution in [2.75, 3.05) is 0 Å². The molecule has 0 aliphatic rings. The van der Waals surface area contributed by atoms with Gasteiger partial charge in [-0.2, -0.15) is 17.6 Å². The van der Waals surface area contributed by atoms with Crippen molar-refractivity contribution in [2.24, 2.45) is 0 Å². The molecule has 0 fully saturated rings. The van der Waals surface area contributed by atoms with Gasteiger partial charge in [-0.05, 0) is 0 Å². The summed E-state index contributed by atoms with van der Waals surface area (Å²) in [5.41, 5.74) is 0. The Morgan fingerprint density at radius 2 is 0.346 bits per heavy atom. The number of rotatable bonds is 0. The summed E-state index contributed by atoms with van der Waals surface area (Å²) >= 11 is 0. The number of halogens is 4. The van der Waals surface area contributed by atoms with Crippen molar-refractivity contribution in [3.05, 3.63) is 24.1 Å². The standard InChI is InChI=1S/2C2H2F2O2.14Rf/c2*3-1(4)2(5)6;;;;;;;;;;;;;;/h2*5-6H;;;;;;;;;;;;;;. The van der Waals surface area contributed by atoms with Crippen LogP contribution < -0.4 is 0 Å². The Morgan fingerprint density at radius 3 is 0.346 bits per heavy atom. The van der Waals surface area contributed by atoms with E-state index in [9.17, 15) is 17.6 Å². The van der Waals surface area contributed by atoms with Gasteiger partial charge < -0.3 is 20.4 Å². The minimum absolute atomic E-state index is 0. The average Bonchev–Trinajstić information content (AvgIpc) is 1.88. The van der Waals surface area contributed by atoms with Crippen LogP contribution in [0, 0.1) is 0 Å². The maximum Gasteiger partial charge on any atom is 0.349 e. The second-order valence-corrected chi connectivity index (χ2v) is 1.17. The molecule has 0 rings (SSSR count). The fourth-order valence-corrected chi connectivity index (χ4v) is 0. The van der Waals surface area contributed by atoms with E-state index in [0.717, 1.165) is 0 Å². The van der Waals surface area contributed by atoms with Gasteiger partial charge in [0.05, 0.1) is 0 Å². The summed E-state index contributed by atoms with van der Waals surface area (Å²) < 4.78 is 42.1. The number of hydrogen-bond acceptors (Lipinski definition) is 4. The third-order valence-electron chi connectivity index (χ3n) is 0.338. The molecule has 0 aliphatic heterocycles. The molecule has 0 atom stereocenters. The average molecular weight is 3930 g/mol. The van der Waals surface area contributed by atoms with Gasteiger partial charge in [-0.3, -0.25) is 0 Å². The molecule has 0 heterocycles. The largest absolute Gasteiger partial charge is 0.477 e. The summed E-state index contributed by atoms with van der Waals surface area (Å²) in [6.07, 6.45) is -4.93. The van der Waals surface area contributed by atoms with E-state index in [-0.39, 0.29) is 0 Å². The van der Waals surface area contributed by atoms with Crippen molar-refractivity contribution in [2.45, 2.75) is 0 Å². The maximum atomic E-state index is 10.5. The third-order valence-corrected chi connectivity index (χ3v) is 0.338. The first-order valence-electron chi connectivity index (χ1n) is 2.15. The minimum atomic E-state index is -2.46. The Kier molecular flexibility index (Phi) is 57.7. The summed E-state index contributed by atoms with van der Waals surface area (Å²) in [4.78, 5) is 0. The predicted octanol–water partition coefficient (Wildman–Crippen LogP) is 2.34. The molecule has 0 aromatic heterocycles. The Labute approximate surface area is 63.3 Å². The van der Waals surface area contributed by atoms with Gasteiger partial charge in [-0.25, -0.2) is 0 Å². The van der Waals surface area contributed by atoms with Gasteiger partial charge in [0.2, 0.25) is 0 Å². The van der Waals surface area contributed by atoms with E-state index >= 15 is 0 Å². The molecule has 22 heteroatoms. The molecule has 0 saturated heterocycles. The number of hydrogen-bond donors (Lipinski definition) is 4. The minimum Gasteiger partial charge on any atom is -0.477 e. The van der Waals surface area contributed by atoms with Gasteiger partial charge in [0, 0.05) is 0 Å². The Morgan fingerprint density at radius 1 is 0.308 bits per heavy atom. The zero-order valence-corrected chi connectivity index (χ0v) is 105. The molecule has 0 bridgehead atoms. The predicted molar refractivity (Wildman–Crippen MR) is 29.0 cm³/mol. The van der Waals surface area contributed by atoms with Crippen LogP contribution in [0.25, 0.3) is 0 Å². The van der Waals surface area contributed by atoms with Crippen LogP contribution in [0.3, 0.4) is 0 Å². The normalized spacial score (nSPS) is 3.54. The monoisotopic (exact) mass is 3930 g/mol. The van der Waals surface area contributed by atoms with E-state index in [0.29, 0.717) is 0 Å². The van der Waals surface area contributed by atoms with Crippen molar-refractivity contribution in [3.63, 3.8) is 0 Å². The molecule has 26 heavy (non-hydrogen) atoms. The quantitative estimate of drug-likeness (QED) is 0.222. The first-order chi connectivity index (χ1) is 5.29. The van der Waals surface area contributed by atoms with Crippen LogP contribution >= 0.6 is 0 Å². The molecule has 0 amide bonds. The first-order valence-corrected chi connectivity index (χ1v) is 2.15. The third kappa shape index (κ3) is 7.96. The van der Waals surface area contributed by atoms with Gasteiger partial charge in [0.15, 0.2) is 0 Å². The molecule has 100 valence electrons. The van der Waals surface area contributed by atoms with Crippen LogP contribution in [0.15, 0.2) is 24.1 Å². The molecule has 0 aromatic rings. The number of aliphatic hydroxyl groups excluding tert-OH is 2. The summed E-state index contributed by atoms with van der Waals surface area (Å²) in [5, 5.41) is 29.3. The molecule has 0 saturated carbocycles. The van der Waals surface area contributed by atoms with Gasteiger partial charge in [0.25, 0.3) is 0 Å². The van der Waals surface area contributed by atoms with Crippen LogP contribution in [0.1, 0.15) is 0 Å². The van der Waals surface area contributed by atoms with Gasteiger partial charge in [-0.1, -0.05) is 0 Å². The maximum absolute atomic E-state index is 10.5. The Hall–Kier alpha value is -15.6. The molecule has 4 nitrogen and oxygen atoms in total. The summed E-state index contributed by atoms with van der Waals surface area (Å²) in [7, 11) is 0. The second kappa shape index (κ2) is 51.2. The van der Waals surface area contributed by atoms with Crippen LogP contribution in [0.5, 0.6) is 0 Å². The summed E-state index contributed by atoms with van der Waals surface area (Å²) in [5.74, 6) is -3.81.